The highest BCUT2D eigenvalue weighted by molar-refractivity contribution is 5.81. The Hall–Kier alpha value is -0.670. The van der Waals surface area contributed by atoms with Crippen molar-refractivity contribution in [3.63, 3.8) is 0 Å². The molecule has 82 valence electrons. The van der Waals surface area contributed by atoms with Gasteiger partial charge in [-0.1, -0.05) is 32.1 Å². The molecule has 0 aromatic carbocycles. The molecule has 0 aromatic rings. The van der Waals surface area contributed by atoms with Crippen LogP contribution >= 0.6 is 0 Å². The molecule has 0 saturated heterocycles. The number of carbonyl (C=O) groups is 1. The third kappa shape index (κ3) is 2.66. The van der Waals surface area contributed by atoms with Gasteiger partial charge in [-0.25, -0.2) is 0 Å². The Labute approximate surface area is 82.9 Å². The first kappa shape index (κ1) is 11.4. The molecule has 2 nitrogen and oxygen atoms in total. The molecule has 4 heteroatoms. The molecule has 0 unspecified atom stereocenters. The first-order valence-corrected chi connectivity index (χ1v) is 5.23. The third-order valence-electron chi connectivity index (χ3n) is 2.95. The topological polar surface area (TPSA) is 43.1 Å². The Morgan fingerprint density at radius 1 is 1.07 bits per heavy atom. The Balaban J connectivity index is 2.59. The van der Waals surface area contributed by atoms with Crippen LogP contribution in [0.3, 0.4) is 0 Å². The van der Waals surface area contributed by atoms with E-state index in [2.05, 4.69) is 0 Å². The van der Waals surface area contributed by atoms with Crippen molar-refractivity contribution in [2.24, 2.45) is 11.7 Å². The second-order valence-electron chi connectivity index (χ2n) is 4.03. The normalized spacial score (nSPS) is 21.3. The van der Waals surface area contributed by atoms with Gasteiger partial charge in [0.25, 0.3) is 5.91 Å². The standard InChI is InChI=1S/C10H17F2NO/c11-10(12,9(13)14)8-6-4-2-1-3-5-7-8/h8H,1-7H2,(H2,13,14). The van der Waals surface area contributed by atoms with Crippen molar-refractivity contribution in [2.75, 3.05) is 0 Å². The molecule has 1 fully saturated rings. The van der Waals surface area contributed by atoms with Crippen molar-refractivity contribution in [1.82, 2.24) is 0 Å². The fourth-order valence-electron chi connectivity index (χ4n) is 2.02. The molecule has 0 aromatic heterocycles. The van der Waals surface area contributed by atoms with Crippen LogP contribution in [0.1, 0.15) is 44.9 Å². The van der Waals surface area contributed by atoms with Crippen molar-refractivity contribution in [1.29, 1.82) is 0 Å². The molecular weight excluding hydrogens is 188 g/mol. The van der Waals surface area contributed by atoms with E-state index < -0.39 is 17.7 Å². The van der Waals surface area contributed by atoms with Crippen molar-refractivity contribution < 1.29 is 13.6 Å². The van der Waals surface area contributed by atoms with E-state index in [1.807, 2.05) is 0 Å². The van der Waals surface area contributed by atoms with E-state index in [4.69, 9.17) is 5.73 Å². The van der Waals surface area contributed by atoms with Crippen LogP contribution in [0, 0.1) is 5.92 Å². The zero-order valence-corrected chi connectivity index (χ0v) is 8.27. The summed E-state index contributed by atoms with van der Waals surface area (Å²) >= 11 is 0. The highest BCUT2D eigenvalue weighted by Gasteiger charge is 2.44. The Morgan fingerprint density at radius 3 is 1.93 bits per heavy atom. The van der Waals surface area contributed by atoms with Crippen LogP contribution in [0.5, 0.6) is 0 Å². The van der Waals surface area contributed by atoms with E-state index in [9.17, 15) is 13.6 Å². The van der Waals surface area contributed by atoms with Gasteiger partial charge in [-0.2, -0.15) is 8.78 Å². The molecule has 0 bridgehead atoms. The number of nitrogens with two attached hydrogens (primary N) is 1. The zero-order chi connectivity index (χ0) is 10.6. The smallest absolute Gasteiger partial charge is 0.327 e. The number of alkyl halides is 2. The third-order valence-corrected chi connectivity index (χ3v) is 2.95. The minimum atomic E-state index is -3.31. The molecular formula is C10H17F2NO. The quantitative estimate of drug-likeness (QED) is 0.739. The zero-order valence-electron chi connectivity index (χ0n) is 8.27. The lowest BCUT2D eigenvalue weighted by atomic mass is 9.86. The van der Waals surface area contributed by atoms with Crippen LogP contribution in [0.4, 0.5) is 8.78 Å². The summed E-state index contributed by atoms with van der Waals surface area (Å²) in [7, 11) is 0. The fraction of sp³-hybridized carbons (Fsp3) is 0.900. The van der Waals surface area contributed by atoms with Gasteiger partial charge < -0.3 is 5.73 Å². The molecule has 1 saturated carbocycles. The molecule has 1 aliphatic rings. The monoisotopic (exact) mass is 205 g/mol. The summed E-state index contributed by atoms with van der Waals surface area (Å²) in [6.45, 7) is 0. The number of hydrogen-bond donors (Lipinski definition) is 1. The largest absolute Gasteiger partial charge is 0.364 e. The Kier molecular flexibility index (Phi) is 3.84. The van der Waals surface area contributed by atoms with Gasteiger partial charge in [-0.15, -0.1) is 0 Å². The van der Waals surface area contributed by atoms with Gasteiger partial charge in [-0.05, 0) is 12.8 Å². The SMILES string of the molecule is NC(=O)C(F)(F)C1CCCCCCC1. The summed E-state index contributed by atoms with van der Waals surface area (Å²) in [5.41, 5.74) is 4.70. The van der Waals surface area contributed by atoms with E-state index in [0.29, 0.717) is 12.8 Å². The van der Waals surface area contributed by atoms with Gasteiger partial charge >= 0.3 is 5.92 Å². The highest BCUT2D eigenvalue weighted by Crippen LogP contribution is 2.34. The summed E-state index contributed by atoms with van der Waals surface area (Å²) in [5.74, 6) is -5.61. The van der Waals surface area contributed by atoms with Gasteiger partial charge in [0.15, 0.2) is 0 Å². The van der Waals surface area contributed by atoms with E-state index in [-0.39, 0.29) is 0 Å². The lowest BCUT2D eigenvalue weighted by Gasteiger charge is -2.25. The summed E-state index contributed by atoms with van der Waals surface area (Å²) < 4.78 is 26.5. The molecule has 0 aliphatic heterocycles. The van der Waals surface area contributed by atoms with Crippen LogP contribution in [0.25, 0.3) is 0 Å². The molecule has 0 spiro atoms. The summed E-state index contributed by atoms with van der Waals surface area (Å²) in [6, 6.07) is 0. The molecule has 0 radical (unpaired) electrons. The number of halogens is 2. The first-order valence-electron chi connectivity index (χ1n) is 5.23. The molecule has 14 heavy (non-hydrogen) atoms. The molecule has 0 atom stereocenters. The summed E-state index contributed by atoms with van der Waals surface area (Å²) in [5, 5.41) is 0. The average molecular weight is 205 g/mol. The van der Waals surface area contributed by atoms with E-state index in [0.717, 1.165) is 32.1 Å². The first-order chi connectivity index (χ1) is 6.55. The number of amides is 1. The van der Waals surface area contributed by atoms with Crippen LogP contribution in [-0.4, -0.2) is 11.8 Å². The van der Waals surface area contributed by atoms with Gasteiger partial charge in [-0.3, -0.25) is 4.79 Å². The maximum Gasteiger partial charge on any atom is 0.327 e. The minimum absolute atomic E-state index is 0.427. The van der Waals surface area contributed by atoms with Crippen LogP contribution < -0.4 is 5.73 Å². The molecule has 0 heterocycles. The van der Waals surface area contributed by atoms with E-state index in [1.54, 1.807) is 0 Å². The molecule has 1 rings (SSSR count). The number of primary amides is 1. The number of rotatable bonds is 2. The minimum Gasteiger partial charge on any atom is -0.364 e. The van der Waals surface area contributed by atoms with Gasteiger partial charge in [0.2, 0.25) is 0 Å². The Bertz CT molecular complexity index is 198. The van der Waals surface area contributed by atoms with Gasteiger partial charge in [0, 0.05) is 5.92 Å². The van der Waals surface area contributed by atoms with E-state index >= 15 is 0 Å². The number of hydrogen-bond acceptors (Lipinski definition) is 1. The van der Waals surface area contributed by atoms with Crippen molar-refractivity contribution in [2.45, 2.75) is 50.9 Å². The molecule has 1 amide bonds. The maximum absolute atomic E-state index is 13.3. The van der Waals surface area contributed by atoms with Crippen LogP contribution in [0.2, 0.25) is 0 Å². The average Bonchev–Trinajstić information content (AvgIpc) is 2.01. The van der Waals surface area contributed by atoms with Crippen molar-refractivity contribution in [3.8, 4) is 0 Å². The van der Waals surface area contributed by atoms with Crippen molar-refractivity contribution in [3.05, 3.63) is 0 Å². The van der Waals surface area contributed by atoms with Gasteiger partial charge in [0.05, 0.1) is 0 Å². The Morgan fingerprint density at radius 2 is 1.50 bits per heavy atom. The van der Waals surface area contributed by atoms with Crippen LogP contribution in [0.15, 0.2) is 0 Å². The predicted molar refractivity (Wildman–Crippen MR) is 50.0 cm³/mol. The summed E-state index contributed by atoms with van der Waals surface area (Å²) in [6.07, 6.45) is 5.53. The van der Waals surface area contributed by atoms with E-state index in [1.165, 1.54) is 0 Å². The molecule has 2 N–H and O–H groups in total. The highest BCUT2D eigenvalue weighted by atomic mass is 19.3. The number of carbonyl (C=O) groups excluding carboxylic acids is 1. The second-order valence-corrected chi connectivity index (χ2v) is 4.03. The predicted octanol–water partition coefficient (Wildman–Crippen LogP) is 2.47. The molecule has 1 aliphatic carbocycles. The second kappa shape index (κ2) is 4.71. The van der Waals surface area contributed by atoms with Gasteiger partial charge in [0.1, 0.15) is 0 Å². The van der Waals surface area contributed by atoms with Crippen LogP contribution in [-0.2, 0) is 4.79 Å². The summed E-state index contributed by atoms with van der Waals surface area (Å²) in [4.78, 5) is 10.6. The fourth-order valence-corrected chi connectivity index (χ4v) is 2.02. The maximum atomic E-state index is 13.3. The lowest BCUT2D eigenvalue weighted by Crippen LogP contribution is -2.42. The lowest BCUT2D eigenvalue weighted by molar-refractivity contribution is -0.151. The van der Waals surface area contributed by atoms with Crippen molar-refractivity contribution >= 4 is 5.91 Å².